The summed E-state index contributed by atoms with van der Waals surface area (Å²) in [6.45, 7) is 2.35. The number of hydrogen-bond donors (Lipinski definition) is 2. The molecule has 1 aliphatic carbocycles. The molecule has 1 saturated carbocycles. The molecule has 0 amide bonds. The fourth-order valence-corrected chi connectivity index (χ4v) is 3.69. The van der Waals surface area contributed by atoms with Crippen LogP contribution in [0.1, 0.15) is 31.7 Å². The topological polar surface area (TPSA) is 38.0 Å². The number of rotatable bonds is 4. The van der Waals surface area contributed by atoms with Crippen molar-refractivity contribution in [1.29, 1.82) is 0 Å². The van der Waals surface area contributed by atoms with E-state index in [1.54, 1.807) is 0 Å². The van der Waals surface area contributed by atoms with Gasteiger partial charge in [0.25, 0.3) is 0 Å². The van der Waals surface area contributed by atoms with Crippen LogP contribution in [0.2, 0.25) is 0 Å². The molecule has 2 nitrogen and oxygen atoms in total. The number of hydrogen-bond acceptors (Lipinski definition) is 2. The van der Waals surface area contributed by atoms with E-state index >= 15 is 0 Å². The summed E-state index contributed by atoms with van der Waals surface area (Å²) in [5, 5.41) is 2.68. The lowest BCUT2D eigenvalue weighted by atomic mass is 9.90. The molecule has 2 heteroatoms. The average Bonchev–Trinajstić information content (AvgIpc) is 2.91. The average molecular weight is 268 g/mol. The van der Waals surface area contributed by atoms with Crippen molar-refractivity contribution in [3.8, 4) is 0 Å². The summed E-state index contributed by atoms with van der Waals surface area (Å²) in [6, 6.07) is 15.6. The Morgan fingerprint density at radius 1 is 1.15 bits per heavy atom. The quantitative estimate of drug-likeness (QED) is 0.656. The molecule has 3 unspecified atom stereocenters. The number of nitrogens with two attached hydrogens (primary N) is 1. The van der Waals surface area contributed by atoms with Crippen LogP contribution < -0.4 is 11.3 Å². The third kappa shape index (κ3) is 2.72. The van der Waals surface area contributed by atoms with Gasteiger partial charge in [-0.3, -0.25) is 11.3 Å². The van der Waals surface area contributed by atoms with Gasteiger partial charge in [0.05, 0.1) is 0 Å². The molecule has 0 bridgehead atoms. The van der Waals surface area contributed by atoms with Crippen molar-refractivity contribution in [1.82, 2.24) is 5.43 Å². The Labute approximate surface area is 121 Å². The van der Waals surface area contributed by atoms with E-state index in [1.165, 1.54) is 35.6 Å². The Morgan fingerprint density at radius 3 is 2.70 bits per heavy atom. The van der Waals surface area contributed by atoms with Gasteiger partial charge >= 0.3 is 0 Å². The van der Waals surface area contributed by atoms with E-state index in [0.717, 1.165) is 12.3 Å². The zero-order valence-corrected chi connectivity index (χ0v) is 12.2. The minimum Gasteiger partial charge on any atom is -0.271 e. The lowest BCUT2D eigenvalue weighted by Crippen LogP contribution is -2.41. The zero-order valence-electron chi connectivity index (χ0n) is 12.2. The Bertz CT molecular complexity index is 573. The van der Waals surface area contributed by atoms with Gasteiger partial charge in [-0.05, 0) is 47.4 Å². The second kappa shape index (κ2) is 5.94. The fourth-order valence-electron chi connectivity index (χ4n) is 3.69. The van der Waals surface area contributed by atoms with Crippen molar-refractivity contribution in [3.63, 3.8) is 0 Å². The molecule has 3 rings (SSSR count). The molecule has 0 heterocycles. The Balaban J connectivity index is 1.84. The van der Waals surface area contributed by atoms with Crippen LogP contribution in [0, 0.1) is 11.8 Å². The minimum atomic E-state index is 0.394. The highest BCUT2D eigenvalue weighted by Crippen LogP contribution is 2.34. The Hall–Kier alpha value is -1.38. The first kappa shape index (κ1) is 13.6. The van der Waals surface area contributed by atoms with Crippen LogP contribution in [0.4, 0.5) is 0 Å². The molecule has 3 N–H and O–H groups in total. The van der Waals surface area contributed by atoms with Gasteiger partial charge in [-0.25, -0.2) is 0 Å². The smallest absolute Gasteiger partial charge is 0.0279 e. The summed E-state index contributed by atoms with van der Waals surface area (Å²) in [4.78, 5) is 0. The van der Waals surface area contributed by atoms with E-state index < -0.39 is 0 Å². The van der Waals surface area contributed by atoms with Crippen LogP contribution in [0.3, 0.4) is 0 Å². The van der Waals surface area contributed by atoms with E-state index in [-0.39, 0.29) is 0 Å². The minimum absolute atomic E-state index is 0.394. The van der Waals surface area contributed by atoms with E-state index in [4.69, 9.17) is 5.84 Å². The molecule has 0 spiro atoms. The molecule has 0 saturated heterocycles. The van der Waals surface area contributed by atoms with Crippen LogP contribution >= 0.6 is 0 Å². The van der Waals surface area contributed by atoms with Crippen LogP contribution in [-0.4, -0.2) is 6.04 Å². The predicted octanol–water partition coefficient (Wildman–Crippen LogP) is 3.65. The maximum Gasteiger partial charge on any atom is 0.0279 e. The molecule has 2 aromatic rings. The summed E-state index contributed by atoms with van der Waals surface area (Å²) < 4.78 is 0. The van der Waals surface area contributed by atoms with Gasteiger partial charge < -0.3 is 0 Å². The molecular weight excluding hydrogens is 244 g/mol. The van der Waals surface area contributed by atoms with Gasteiger partial charge in [0.1, 0.15) is 0 Å². The van der Waals surface area contributed by atoms with Gasteiger partial charge in [-0.1, -0.05) is 55.8 Å². The summed E-state index contributed by atoms with van der Waals surface area (Å²) in [5.74, 6) is 7.41. The maximum absolute atomic E-state index is 5.84. The number of benzene rings is 2. The lowest BCUT2D eigenvalue weighted by molar-refractivity contribution is 0.353. The van der Waals surface area contributed by atoms with Crippen molar-refractivity contribution >= 4 is 10.8 Å². The van der Waals surface area contributed by atoms with Crippen molar-refractivity contribution in [2.24, 2.45) is 17.7 Å². The molecule has 2 aromatic carbocycles. The molecule has 3 atom stereocenters. The number of nitrogens with one attached hydrogen (secondary N) is 1. The first-order valence-corrected chi connectivity index (χ1v) is 7.70. The highest BCUT2D eigenvalue weighted by molar-refractivity contribution is 5.85. The maximum atomic E-state index is 5.84. The molecule has 1 aliphatic rings. The van der Waals surface area contributed by atoms with E-state index in [9.17, 15) is 0 Å². The third-order valence-electron chi connectivity index (χ3n) is 4.84. The first-order valence-electron chi connectivity index (χ1n) is 7.70. The lowest BCUT2D eigenvalue weighted by Gasteiger charge is -2.23. The van der Waals surface area contributed by atoms with Crippen LogP contribution in [0.5, 0.6) is 0 Å². The van der Waals surface area contributed by atoms with Crippen LogP contribution in [-0.2, 0) is 6.42 Å². The monoisotopic (exact) mass is 268 g/mol. The van der Waals surface area contributed by atoms with Gasteiger partial charge in [-0.2, -0.15) is 0 Å². The van der Waals surface area contributed by atoms with Crippen molar-refractivity contribution in [2.45, 2.75) is 38.6 Å². The molecule has 0 radical (unpaired) electrons. The fraction of sp³-hybridized carbons (Fsp3) is 0.444. The normalized spacial score (nSPS) is 24.1. The predicted molar refractivity (Wildman–Crippen MR) is 85.3 cm³/mol. The highest BCUT2D eigenvalue weighted by Gasteiger charge is 2.28. The van der Waals surface area contributed by atoms with E-state index in [0.29, 0.717) is 12.0 Å². The SMILES string of the molecule is CC1CCC(C(Cc2cccc3ccccc23)NN)C1. The van der Waals surface area contributed by atoms with Gasteiger partial charge in [0.2, 0.25) is 0 Å². The highest BCUT2D eigenvalue weighted by atomic mass is 15.2. The standard InChI is InChI=1S/C18H24N2/c1-13-9-10-16(11-13)18(20-19)12-15-7-4-6-14-5-2-3-8-17(14)15/h2-8,13,16,18,20H,9-12,19H2,1H3. The van der Waals surface area contributed by atoms with Crippen LogP contribution in [0.15, 0.2) is 42.5 Å². The second-order valence-corrected chi connectivity index (χ2v) is 6.29. The third-order valence-corrected chi connectivity index (χ3v) is 4.84. The molecule has 1 fully saturated rings. The number of hydrazine groups is 1. The van der Waals surface area contributed by atoms with E-state index in [2.05, 4.69) is 54.8 Å². The molecule has 0 aliphatic heterocycles. The summed E-state index contributed by atoms with van der Waals surface area (Å²) >= 11 is 0. The van der Waals surface area contributed by atoms with Crippen molar-refractivity contribution < 1.29 is 0 Å². The Kier molecular flexibility index (Phi) is 4.04. The van der Waals surface area contributed by atoms with Gasteiger partial charge in [-0.15, -0.1) is 0 Å². The molecular formula is C18H24N2. The van der Waals surface area contributed by atoms with Gasteiger partial charge in [0.15, 0.2) is 0 Å². The summed E-state index contributed by atoms with van der Waals surface area (Å²) in [5.41, 5.74) is 4.49. The summed E-state index contributed by atoms with van der Waals surface area (Å²) in [7, 11) is 0. The molecule has 106 valence electrons. The second-order valence-electron chi connectivity index (χ2n) is 6.29. The van der Waals surface area contributed by atoms with Crippen molar-refractivity contribution in [3.05, 3.63) is 48.0 Å². The number of fused-ring (bicyclic) bond motifs is 1. The Morgan fingerprint density at radius 2 is 1.95 bits per heavy atom. The largest absolute Gasteiger partial charge is 0.271 e. The molecule has 20 heavy (non-hydrogen) atoms. The molecule has 0 aromatic heterocycles. The van der Waals surface area contributed by atoms with Crippen LogP contribution in [0.25, 0.3) is 10.8 Å². The van der Waals surface area contributed by atoms with Crippen molar-refractivity contribution in [2.75, 3.05) is 0 Å². The summed E-state index contributed by atoms with van der Waals surface area (Å²) in [6.07, 6.45) is 4.98. The van der Waals surface area contributed by atoms with E-state index in [1.807, 2.05) is 0 Å². The van der Waals surface area contributed by atoms with Gasteiger partial charge in [0, 0.05) is 6.04 Å². The zero-order chi connectivity index (χ0) is 13.9. The first-order chi connectivity index (χ1) is 9.78.